The van der Waals surface area contributed by atoms with Crippen LogP contribution >= 0.6 is 0 Å². The molecule has 0 aliphatic carbocycles. The molecule has 0 saturated carbocycles. The summed E-state index contributed by atoms with van der Waals surface area (Å²) in [5.74, 6) is -0.0668. The predicted molar refractivity (Wildman–Crippen MR) is 110 cm³/mol. The number of carbonyl (C=O) groups excluding carboxylic acids is 1. The lowest BCUT2D eigenvalue weighted by Crippen LogP contribution is -2.27. The molecule has 1 aliphatic heterocycles. The van der Waals surface area contributed by atoms with Gasteiger partial charge >= 0.3 is 0 Å². The Morgan fingerprint density at radius 2 is 1.85 bits per heavy atom. The first-order valence-corrected chi connectivity index (χ1v) is 11.0. The van der Waals surface area contributed by atoms with Gasteiger partial charge in [-0.15, -0.1) is 0 Å². The molecule has 0 atom stereocenters. The van der Waals surface area contributed by atoms with E-state index in [1.165, 1.54) is 16.1 Å². The average Bonchev–Trinajstić information content (AvgIpc) is 3.04. The van der Waals surface area contributed by atoms with Crippen molar-refractivity contribution in [2.45, 2.75) is 38.5 Å². The molecule has 0 radical (unpaired) electrons. The van der Waals surface area contributed by atoms with E-state index in [4.69, 9.17) is 0 Å². The summed E-state index contributed by atoms with van der Waals surface area (Å²) in [4.78, 5) is 12.4. The lowest BCUT2D eigenvalue weighted by Gasteiger charge is -2.25. The van der Waals surface area contributed by atoms with Gasteiger partial charge in [-0.2, -0.15) is 0 Å². The van der Waals surface area contributed by atoms with Crippen LogP contribution in [0.3, 0.4) is 0 Å². The van der Waals surface area contributed by atoms with Crippen molar-refractivity contribution < 1.29 is 13.2 Å². The van der Waals surface area contributed by atoms with E-state index in [9.17, 15) is 13.2 Å². The summed E-state index contributed by atoms with van der Waals surface area (Å²) in [5, 5.41) is 2.91. The van der Waals surface area contributed by atoms with Gasteiger partial charge in [0, 0.05) is 18.7 Å². The Morgan fingerprint density at radius 3 is 2.52 bits per heavy atom. The Bertz CT molecular complexity index is 937. The molecule has 0 unspecified atom stereocenters. The molecule has 2 aromatic carbocycles. The van der Waals surface area contributed by atoms with Gasteiger partial charge in [0.05, 0.1) is 11.9 Å². The van der Waals surface area contributed by atoms with Gasteiger partial charge < -0.3 is 5.32 Å². The molecule has 1 heterocycles. The van der Waals surface area contributed by atoms with Crippen molar-refractivity contribution in [2.24, 2.45) is 0 Å². The van der Waals surface area contributed by atoms with Crippen molar-refractivity contribution in [1.29, 1.82) is 0 Å². The van der Waals surface area contributed by atoms with Crippen LogP contribution in [0.15, 0.2) is 48.5 Å². The van der Waals surface area contributed by atoms with E-state index in [1.807, 2.05) is 30.3 Å². The van der Waals surface area contributed by atoms with Gasteiger partial charge in [0.15, 0.2) is 0 Å². The van der Waals surface area contributed by atoms with Crippen LogP contribution in [0.1, 0.15) is 37.8 Å². The van der Waals surface area contributed by atoms with E-state index in [2.05, 4.69) is 31.3 Å². The normalized spacial score (nSPS) is 14.1. The summed E-state index contributed by atoms with van der Waals surface area (Å²) in [6.07, 6.45) is 3.03. The third kappa shape index (κ3) is 4.50. The fraction of sp³-hybridized carbons (Fsp3) is 0.381. The first-order chi connectivity index (χ1) is 12.7. The summed E-state index contributed by atoms with van der Waals surface area (Å²) >= 11 is 0. The largest absolute Gasteiger partial charge is 0.326 e. The van der Waals surface area contributed by atoms with Crippen molar-refractivity contribution >= 4 is 27.3 Å². The second-order valence-corrected chi connectivity index (χ2v) is 9.63. The number of hydrogen-bond acceptors (Lipinski definition) is 3. The number of nitrogens with one attached hydrogen (secondary N) is 1. The van der Waals surface area contributed by atoms with Gasteiger partial charge in [-0.25, -0.2) is 8.42 Å². The Hall–Kier alpha value is -2.34. The van der Waals surface area contributed by atoms with Crippen LogP contribution in [0.2, 0.25) is 0 Å². The second-order valence-electron chi connectivity index (χ2n) is 7.73. The van der Waals surface area contributed by atoms with Crippen LogP contribution in [-0.2, 0) is 26.7 Å². The Kier molecular flexibility index (Phi) is 5.29. The van der Waals surface area contributed by atoms with Crippen LogP contribution in [0.25, 0.3) is 0 Å². The number of benzene rings is 2. The third-order valence-corrected chi connectivity index (χ3v) is 6.33. The molecular weight excluding hydrogens is 360 g/mol. The Balaban J connectivity index is 1.65. The summed E-state index contributed by atoms with van der Waals surface area (Å²) < 4.78 is 25.2. The fourth-order valence-electron chi connectivity index (χ4n) is 3.46. The SMILES string of the molecule is CC(C)(CCC(=O)Nc1ccc2c(c1)N(S(C)(=O)=O)CC2)c1ccccc1. The highest BCUT2D eigenvalue weighted by molar-refractivity contribution is 7.92. The molecule has 1 amide bonds. The average molecular weight is 387 g/mol. The van der Waals surface area contributed by atoms with Gasteiger partial charge in [0.1, 0.15) is 0 Å². The maximum absolute atomic E-state index is 12.4. The molecule has 144 valence electrons. The molecular formula is C21H26N2O3S. The van der Waals surface area contributed by atoms with E-state index in [1.54, 1.807) is 6.07 Å². The van der Waals surface area contributed by atoms with E-state index in [-0.39, 0.29) is 11.3 Å². The fourth-order valence-corrected chi connectivity index (χ4v) is 4.41. The van der Waals surface area contributed by atoms with Crippen molar-refractivity contribution in [3.05, 3.63) is 59.7 Å². The van der Waals surface area contributed by atoms with Crippen molar-refractivity contribution in [1.82, 2.24) is 0 Å². The predicted octanol–water partition coefficient (Wildman–Crippen LogP) is 3.71. The van der Waals surface area contributed by atoms with Crippen LogP contribution < -0.4 is 9.62 Å². The number of amides is 1. The first kappa shape index (κ1) is 19.4. The molecule has 0 aromatic heterocycles. The smallest absolute Gasteiger partial charge is 0.232 e. The highest BCUT2D eigenvalue weighted by Crippen LogP contribution is 2.33. The number of sulfonamides is 1. The molecule has 1 aliphatic rings. The van der Waals surface area contributed by atoms with E-state index < -0.39 is 10.0 Å². The number of carbonyl (C=O) groups is 1. The topological polar surface area (TPSA) is 66.5 Å². The highest BCUT2D eigenvalue weighted by atomic mass is 32.2. The number of fused-ring (bicyclic) bond motifs is 1. The molecule has 0 bridgehead atoms. The first-order valence-electron chi connectivity index (χ1n) is 9.13. The van der Waals surface area contributed by atoms with Crippen LogP contribution in [0, 0.1) is 0 Å². The summed E-state index contributed by atoms with van der Waals surface area (Å²) in [5.41, 5.74) is 3.40. The lowest BCUT2D eigenvalue weighted by atomic mass is 9.80. The standard InChI is InChI=1S/C21H26N2O3S/c1-21(2,17-7-5-4-6-8-17)13-11-20(24)22-18-10-9-16-12-14-23(19(16)15-18)27(3,25)26/h4-10,15H,11-14H2,1-3H3,(H,22,24). The van der Waals surface area contributed by atoms with Crippen LogP contribution in [0.4, 0.5) is 11.4 Å². The second kappa shape index (κ2) is 7.35. The molecule has 0 fully saturated rings. The monoisotopic (exact) mass is 386 g/mol. The number of anilines is 2. The van der Waals surface area contributed by atoms with Crippen molar-refractivity contribution in [3.63, 3.8) is 0 Å². The zero-order valence-electron chi connectivity index (χ0n) is 16.0. The van der Waals surface area contributed by atoms with Gasteiger partial charge in [0.25, 0.3) is 0 Å². The zero-order valence-corrected chi connectivity index (χ0v) is 16.8. The summed E-state index contributed by atoms with van der Waals surface area (Å²) in [6.45, 7) is 4.72. The van der Waals surface area contributed by atoms with Crippen LogP contribution in [-0.4, -0.2) is 27.1 Å². The molecule has 0 saturated heterocycles. The molecule has 5 nitrogen and oxygen atoms in total. The molecule has 3 rings (SSSR count). The van der Waals surface area contributed by atoms with Gasteiger partial charge in [-0.3, -0.25) is 9.10 Å². The van der Waals surface area contributed by atoms with E-state index >= 15 is 0 Å². The minimum absolute atomic E-state index is 0.0668. The van der Waals surface area contributed by atoms with Crippen molar-refractivity contribution in [2.75, 3.05) is 22.4 Å². The number of hydrogen-bond donors (Lipinski definition) is 1. The minimum Gasteiger partial charge on any atom is -0.326 e. The van der Waals surface area contributed by atoms with Gasteiger partial charge in [0.2, 0.25) is 15.9 Å². The maximum Gasteiger partial charge on any atom is 0.232 e. The number of rotatable bonds is 6. The lowest BCUT2D eigenvalue weighted by molar-refractivity contribution is -0.116. The summed E-state index contributed by atoms with van der Waals surface area (Å²) in [6, 6.07) is 15.7. The Morgan fingerprint density at radius 1 is 1.15 bits per heavy atom. The molecule has 27 heavy (non-hydrogen) atoms. The van der Waals surface area contributed by atoms with Gasteiger partial charge in [-0.05, 0) is 41.5 Å². The summed E-state index contributed by atoms with van der Waals surface area (Å²) in [7, 11) is -3.30. The molecule has 0 spiro atoms. The highest BCUT2D eigenvalue weighted by Gasteiger charge is 2.26. The zero-order chi connectivity index (χ0) is 19.7. The van der Waals surface area contributed by atoms with Gasteiger partial charge in [-0.1, -0.05) is 50.2 Å². The van der Waals surface area contributed by atoms with E-state index in [0.717, 1.165) is 12.0 Å². The molecule has 6 heteroatoms. The minimum atomic E-state index is -3.30. The van der Waals surface area contributed by atoms with Crippen molar-refractivity contribution in [3.8, 4) is 0 Å². The molecule has 1 N–H and O–H groups in total. The van der Waals surface area contributed by atoms with Crippen LogP contribution in [0.5, 0.6) is 0 Å². The van der Waals surface area contributed by atoms with E-state index in [0.29, 0.717) is 30.8 Å². The maximum atomic E-state index is 12.4. The molecule has 2 aromatic rings. The third-order valence-electron chi connectivity index (χ3n) is 5.15. The number of nitrogens with zero attached hydrogens (tertiary/aromatic N) is 1. The quantitative estimate of drug-likeness (QED) is 0.823. The Labute approximate surface area is 161 Å².